The van der Waals surface area contributed by atoms with Crippen molar-refractivity contribution in [1.82, 2.24) is 0 Å². The van der Waals surface area contributed by atoms with Gasteiger partial charge in [0, 0.05) is 25.8 Å². The van der Waals surface area contributed by atoms with Crippen molar-refractivity contribution < 1.29 is 19.1 Å². The van der Waals surface area contributed by atoms with E-state index in [1.807, 2.05) is 0 Å². The molecule has 3 N–H and O–H groups in total. The van der Waals surface area contributed by atoms with Crippen LogP contribution in [0.5, 0.6) is 5.75 Å². The second-order valence-corrected chi connectivity index (χ2v) is 5.44. The highest BCUT2D eigenvalue weighted by molar-refractivity contribution is 5.98. The molecule has 8 heteroatoms. The van der Waals surface area contributed by atoms with Gasteiger partial charge in [0.2, 0.25) is 11.8 Å². The van der Waals surface area contributed by atoms with Crippen molar-refractivity contribution in [3.63, 3.8) is 0 Å². The number of methoxy groups -OCH3 is 2. The molecule has 2 amide bonds. The number of hydrogen-bond acceptors (Lipinski definition) is 5. The van der Waals surface area contributed by atoms with Gasteiger partial charge in [0.25, 0.3) is 0 Å². The summed E-state index contributed by atoms with van der Waals surface area (Å²) in [5.41, 5.74) is 6.94. The van der Waals surface area contributed by atoms with Crippen LogP contribution in [0.15, 0.2) is 18.2 Å². The molecule has 1 heterocycles. The average molecular weight is 358 g/mol. The third-order valence-corrected chi connectivity index (χ3v) is 3.74. The lowest BCUT2D eigenvalue weighted by atomic mass is 10.1. The SMILES string of the molecule is COCC(N)C(=O)Nc1ccc(OC)c(N2CCCCC2=O)c1.Cl. The highest BCUT2D eigenvalue weighted by atomic mass is 35.5. The molecule has 0 bridgehead atoms. The number of rotatable bonds is 6. The molecule has 7 nitrogen and oxygen atoms in total. The molecule has 0 aromatic heterocycles. The summed E-state index contributed by atoms with van der Waals surface area (Å²) in [5, 5.41) is 2.73. The zero-order valence-electron chi connectivity index (χ0n) is 13.9. The van der Waals surface area contributed by atoms with Crippen LogP contribution in [0.1, 0.15) is 19.3 Å². The highest BCUT2D eigenvalue weighted by Gasteiger charge is 2.23. The van der Waals surface area contributed by atoms with Crippen LogP contribution in [-0.2, 0) is 14.3 Å². The smallest absolute Gasteiger partial charge is 0.243 e. The predicted octanol–water partition coefficient (Wildman–Crippen LogP) is 1.55. The number of amides is 2. The number of ether oxygens (including phenoxy) is 2. The summed E-state index contributed by atoms with van der Waals surface area (Å²) in [7, 11) is 3.04. The maximum atomic E-state index is 12.1. The van der Waals surface area contributed by atoms with Gasteiger partial charge in [-0.05, 0) is 31.0 Å². The molecule has 0 spiro atoms. The van der Waals surface area contributed by atoms with Crippen molar-refractivity contribution >= 4 is 35.6 Å². The Labute approximate surface area is 147 Å². The van der Waals surface area contributed by atoms with Gasteiger partial charge in [-0.25, -0.2) is 0 Å². The first-order valence-corrected chi connectivity index (χ1v) is 7.60. The quantitative estimate of drug-likeness (QED) is 0.805. The minimum atomic E-state index is -0.748. The van der Waals surface area contributed by atoms with Crippen molar-refractivity contribution in [2.45, 2.75) is 25.3 Å². The molecule has 0 aliphatic carbocycles. The second-order valence-electron chi connectivity index (χ2n) is 5.44. The fourth-order valence-corrected chi connectivity index (χ4v) is 2.53. The zero-order valence-corrected chi connectivity index (χ0v) is 14.7. The number of piperidine rings is 1. The monoisotopic (exact) mass is 357 g/mol. The third kappa shape index (κ3) is 4.83. The lowest BCUT2D eigenvalue weighted by molar-refractivity contribution is -0.119. The first-order valence-electron chi connectivity index (χ1n) is 7.60. The number of carbonyl (C=O) groups is 2. The predicted molar refractivity (Wildman–Crippen MR) is 94.9 cm³/mol. The Morgan fingerprint density at radius 1 is 1.38 bits per heavy atom. The van der Waals surface area contributed by atoms with Gasteiger partial charge in [-0.1, -0.05) is 0 Å². The lowest BCUT2D eigenvalue weighted by Crippen LogP contribution is -2.39. The molecule has 1 aromatic carbocycles. The van der Waals surface area contributed by atoms with Crippen LogP contribution in [-0.4, -0.2) is 45.2 Å². The summed E-state index contributed by atoms with van der Waals surface area (Å²) in [6.07, 6.45) is 2.38. The summed E-state index contributed by atoms with van der Waals surface area (Å²) in [4.78, 5) is 25.8. The van der Waals surface area contributed by atoms with E-state index in [4.69, 9.17) is 15.2 Å². The largest absolute Gasteiger partial charge is 0.495 e. The van der Waals surface area contributed by atoms with Gasteiger partial charge in [0.05, 0.1) is 19.4 Å². The molecule has 1 unspecified atom stereocenters. The van der Waals surface area contributed by atoms with Crippen LogP contribution in [0.3, 0.4) is 0 Å². The molecule has 134 valence electrons. The first kappa shape index (κ1) is 20.2. The molecule has 24 heavy (non-hydrogen) atoms. The summed E-state index contributed by atoms with van der Waals surface area (Å²) < 4.78 is 10.2. The van der Waals surface area contributed by atoms with Crippen molar-refractivity contribution in [2.75, 3.05) is 37.6 Å². The average Bonchev–Trinajstić information content (AvgIpc) is 2.55. The number of halogens is 1. The van der Waals surface area contributed by atoms with E-state index in [0.29, 0.717) is 30.1 Å². The van der Waals surface area contributed by atoms with Crippen molar-refractivity contribution in [3.8, 4) is 5.75 Å². The molecule has 2 rings (SSSR count). The number of hydrogen-bond donors (Lipinski definition) is 2. The topological polar surface area (TPSA) is 93.9 Å². The summed E-state index contributed by atoms with van der Waals surface area (Å²) in [5.74, 6) is 0.321. The fourth-order valence-electron chi connectivity index (χ4n) is 2.53. The van der Waals surface area contributed by atoms with E-state index >= 15 is 0 Å². The number of benzene rings is 1. The van der Waals surface area contributed by atoms with Crippen LogP contribution in [0.25, 0.3) is 0 Å². The summed E-state index contributed by atoms with van der Waals surface area (Å²) in [6, 6.07) is 4.43. The molecule has 0 radical (unpaired) electrons. The van der Waals surface area contributed by atoms with Gasteiger partial charge in [-0.3, -0.25) is 9.59 Å². The van der Waals surface area contributed by atoms with Crippen molar-refractivity contribution in [1.29, 1.82) is 0 Å². The Morgan fingerprint density at radius 3 is 2.75 bits per heavy atom. The minimum Gasteiger partial charge on any atom is -0.495 e. The van der Waals surface area contributed by atoms with Gasteiger partial charge < -0.3 is 25.4 Å². The van der Waals surface area contributed by atoms with Crippen LogP contribution in [0, 0.1) is 0 Å². The highest BCUT2D eigenvalue weighted by Crippen LogP contribution is 2.33. The normalized spacial score (nSPS) is 15.5. The van der Waals surface area contributed by atoms with Gasteiger partial charge in [-0.2, -0.15) is 0 Å². The molecule has 1 aromatic rings. The van der Waals surface area contributed by atoms with Crippen molar-refractivity contribution in [2.24, 2.45) is 5.73 Å². The molecule has 1 saturated heterocycles. The zero-order chi connectivity index (χ0) is 16.8. The Morgan fingerprint density at radius 2 is 2.12 bits per heavy atom. The molecule has 1 fully saturated rings. The van der Waals surface area contributed by atoms with E-state index in [1.165, 1.54) is 7.11 Å². The number of nitrogens with two attached hydrogens (primary N) is 1. The Kier molecular flexibility index (Phi) is 7.97. The third-order valence-electron chi connectivity index (χ3n) is 3.74. The number of anilines is 2. The van der Waals surface area contributed by atoms with Crippen LogP contribution in [0.4, 0.5) is 11.4 Å². The molecule has 0 saturated carbocycles. The number of nitrogens with zero attached hydrogens (tertiary/aromatic N) is 1. The minimum absolute atomic E-state index is 0. The first-order chi connectivity index (χ1) is 11.1. The molecular weight excluding hydrogens is 334 g/mol. The molecular formula is C16H24ClN3O4. The van der Waals surface area contributed by atoms with Crippen LogP contribution < -0.4 is 20.7 Å². The molecule has 1 aliphatic heterocycles. The standard InChI is InChI=1S/C16H23N3O4.ClH/c1-22-10-12(17)16(21)18-11-6-7-14(23-2)13(9-11)19-8-4-3-5-15(19)20;/h6-7,9,12H,3-5,8,10,17H2,1-2H3,(H,18,21);1H. The Bertz CT molecular complexity index is 582. The van der Waals surface area contributed by atoms with E-state index < -0.39 is 6.04 Å². The van der Waals surface area contributed by atoms with E-state index in [-0.39, 0.29) is 30.8 Å². The lowest BCUT2D eigenvalue weighted by Gasteiger charge is -2.28. The van der Waals surface area contributed by atoms with E-state index in [0.717, 1.165) is 12.8 Å². The maximum absolute atomic E-state index is 12.1. The summed E-state index contributed by atoms with van der Waals surface area (Å²) >= 11 is 0. The molecule has 1 aliphatic rings. The fraction of sp³-hybridized carbons (Fsp3) is 0.500. The maximum Gasteiger partial charge on any atom is 0.243 e. The van der Waals surface area contributed by atoms with E-state index in [9.17, 15) is 9.59 Å². The second kappa shape index (κ2) is 9.46. The van der Waals surface area contributed by atoms with Gasteiger partial charge in [0.1, 0.15) is 11.8 Å². The van der Waals surface area contributed by atoms with Crippen LogP contribution in [0.2, 0.25) is 0 Å². The van der Waals surface area contributed by atoms with Gasteiger partial charge in [0.15, 0.2) is 0 Å². The van der Waals surface area contributed by atoms with Crippen molar-refractivity contribution in [3.05, 3.63) is 18.2 Å². The summed E-state index contributed by atoms with van der Waals surface area (Å²) in [6.45, 7) is 0.787. The van der Waals surface area contributed by atoms with Crippen LogP contribution >= 0.6 is 12.4 Å². The van der Waals surface area contributed by atoms with E-state index in [1.54, 1.807) is 30.2 Å². The van der Waals surface area contributed by atoms with Gasteiger partial charge in [-0.15, -0.1) is 12.4 Å². The number of carbonyl (C=O) groups excluding carboxylic acids is 2. The van der Waals surface area contributed by atoms with Gasteiger partial charge >= 0.3 is 0 Å². The molecule has 1 atom stereocenters. The number of nitrogens with one attached hydrogen (secondary N) is 1. The van der Waals surface area contributed by atoms with E-state index in [2.05, 4.69) is 5.32 Å². The Hall–Kier alpha value is -1.83. The Balaban J connectivity index is 0.00000288.